The zero-order valence-corrected chi connectivity index (χ0v) is 17.3. The number of amides is 4. The number of carbonyl (C=O) groups is 3. The van der Waals surface area contributed by atoms with Crippen LogP contribution in [-0.2, 0) is 0 Å². The van der Waals surface area contributed by atoms with Crippen molar-refractivity contribution in [2.45, 2.75) is 0 Å². The first-order chi connectivity index (χ1) is 14.5. The molecule has 0 fully saturated rings. The number of carbonyl (C=O) groups excluding carboxylic acids is 3. The van der Waals surface area contributed by atoms with Crippen LogP contribution in [0.5, 0.6) is 0 Å². The van der Waals surface area contributed by atoms with Gasteiger partial charge in [0.15, 0.2) is 0 Å². The highest BCUT2D eigenvalue weighted by atomic mass is 35.5. The molecule has 0 saturated heterocycles. The third kappa shape index (κ3) is 6.33. The number of nitrogens with one attached hydrogen (secondary N) is 4. The van der Waals surface area contributed by atoms with Gasteiger partial charge in [0.25, 0.3) is 11.8 Å². The molecular weight excluding hydrogens is 424 g/mol. The maximum atomic E-state index is 12.2. The first-order valence-corrected chi connectivity index (χ1v) is 10.3. The van der Waals surface area contributed by atoms with Crippen molar-refractivity contribution in [2.75, 3.05) is 23.7 Å². The number of anilines is 2. The van der Waals surface area contributed by atoms with Crippen LogP contribution in [0, 0.1) is 0 Å². The fourth-order valence-electron chi connectivity index (χ4n) is 2.47. The summed E-state index contributed by atoms with van der Waals surface area (Å²) in [4.78, 5) is 36.7. The van der Waals surface area contributed by atoms with Gasteiger partial charge in [0, 0.05) is 29.4 Å². The lowest BCUT2D eigenvalue weighted by Gasteiger charge is -2.07. The Morgan fingerprint density at radius 1 is 0.767 bits per heavy atom. The van der Waals surface area contributed by atoms with Gasteiger partial charge in [-0.15, -0.1) is 11.3 Å². The number of thiophene rings is 1. The molecule has 4 amide bonds. The molecule has 0 radical (unpaired) electrons. The number of urea groups is 1. The predicted octanol–water partition coefficient (Wildman–Crippen LogP) is 4.21. The highest BCUT2D eigenvalue weighted by Crippen LogP contribution is 2.22. The Morgan fingerprint density at radius 3 is 2.13 bits per heavy atom. The molecule has 9 heteroatoms. The summed E-state index contributed by atoms with van der Waals surface area (Å²) in [6.07, 6.45) is 0. The summed E-state index contributed by atoms with van der Waals surface area (Å²) in [6.45, 7) is 0.552. The molecule has 2 aromatic carbocycles. The van der Waals surface area contributed by atoms with Crippen LogP contribution in [0.25, 0.3) is 0 Å². The predicted molar refractivity (Wildman–Crippen MR) is 120 cm³/mol. The molecule has 0 bridgehead atoms. The van der Waals surface area contributed by atoms with Gasteiger partial charge >= 0.3 is 6.03 Å². The van der Waals surface area contributed by atoms with Crippen LogP contribution in [0.2, 0.25) is 5.02 Å². The SMILES string of the molecule is O=C(Nc1ccccc1)Nc1ccc(C(=O)NCCNC(=O)c2ccc(Cl)cc2)s1. The minimum absolute atomic E-state index is 0.243. The number of rotatable bonds is 7. The molecule has 154 valence electrons. The van der Waals surface area contributed by atoms with E-state index in [1.165, 1.54) is 0 Å². The van der Waals surface area contributed by atoms with E-state index in [-0.39, 0.29) is 30.9 Å². The van der Waals surface area contributed by atoms with E-state index in [9.17, 15) is 14.4 Å². The molecule has 1 heterocycles. The first kappa shape index (κ1) is 21.4. The largest absolute Gasteiger partial charge is 0.350 e. The van der Waals surface area contributed by atoms with Gasteiger partial charge in [-0.3, -0.25) is 14.9 Å². The third-order valence-electron chi connectivity index (χ3n) is 3.90. The molecule has 3 rings (SSSR count). The molecule has 7 nitrogen and oxygen atoms in total. The van der Waals surface area contributed by atoms with Crippen molar-refractivity contribution >= 4 is 51.5 Å². The lowest BCUT2D eigenvalue weighted by molar-refractivity contribution is 0.0929. The monoisotopic (exact) mass is 442 g/mol. The van der Waals surface area contributed by atoms with E-state index in [1.54, 1.807) is 48.5 Å². The maximum Gasteiger partial charge on any atom is 0.324 e. The van der Waals surface area contributed by atoms with Crippen LogP contribution in [0.1, 0.15) is 20.0 Å². The Balaban J connectivity index is 1.40. The fourth-order valence-corrected chi connectivity index (χ4v) is 3.41. The van der Waals surface area contributed by atoms with Crippen molar-refractivity contribution in [3.63, 3.8) is 0 Å². The molecule has 0 unspecified atom stereocenters. The van der Waals surface area contributed by atoms with Gasteiger partial charge in [-0.1, -0.05) is 29.8 Å². The van der Waals surface area contributed by atoms with Crippen LogP contribution in [0.15, 0.2) is 66.7 Å². The number of benzene rings is 2. The van der Waals surface area contributed by atoms with Gasteiger partial charge in [-0.25, -0.2) is 4.79 Å². The topological polar surface area (TPSA) is 99.3 Å². The maximum absolute atomic E-state index is 12.2. The van der Waals surface area contributed by atoms with Gasteiger partial charge in [0.1, 0.15) is 0 Å². The normalized spacial score (nSPS) is 10.2. The number of para-hydroxylation sites is 1. The Kier molecular flexibility index (Phi) is 7.42. The van der Waals surface area contributed by atoms with Crippen LogP contribution < -0.4 is 21.3 Å². The number of halogens is 1. The van der Waals surface area contributed by atoms with E-state index in [4.69, 9.17) is 11.6 Å². The first-order valence-electron chi connectivity index (χ1n) is 9.06. The van der Waals surface area contributed by atoms with Gasteiger partial charge in [-0.2, -0.15) is 0 Å². The number of hydrogen-bond acceptors (Lipinski definition) is 4. The lowest BCUT2D eigenvalue weighted by atomic mass is 10.2. The summed E-state index contributed by atoms with van der Waals surface area (Å²) in [6, 6.07) is 18.5. The molecule has 0 spiro atoms. The summed E-state index contributed by atoms with van der Waals surface area (Å²) in [5.41, 5.74) is 1.17. The average Bonchev–Trinajstić information content (AvgIpc) is 3.20. The van der Waals surface area contributed by atoms with E-state index in [0.29, 0.717) is 26.2 Å². The van der Waals surface area contributed by atoms with Crippen LogP contribution in [0.3, 0.4) is 0 Å². The van der Waals surface area contributed by atoms with Crippen LogP contribution in [0.4, 0.5) is 15.5 Å². The number of hydrogen-bond donors (Lipinski definition) is 4. The molecule has 3 aromatic rings. The van der Waals surface area contributed by atoms with Crippen molar-refractivity contribution in [3.8, 4) is 0 Å². The highest BCUT2D eigenvalue weighted by molar-refractivity contribution is 7.18. The molecule has 0 atom stereocenters. The summed E-state index contributed by atoms with van der Waals surface area (Å²) in [7, 11) is 0. The summed E-state index contributed by atoms with van der Waals surface area (Å²) in [5, 5.41) is 12.0. The standard InChI is InChI=1S/C21H19ClN4O3S/c22-15-8-6-14(7-9-15)19(27)23-12-13-24-20(28)17-10-11-18(30-17)26-21(29)25-16-4-2-1-3-5-16/h1-11H,12-13H2,(H,23,27)(H,24,28)(H2,25,26,29). The smallest absolute Gasteiger partial charge is 0.324 e. The second-order valence-corrected chi connectivity index (χ2v) is 7.65. The molecule has 1 aromatic heterocycles. The second kappa shape index (κ2) is 10.4. The Hall–Kier alpha value is -3.36. The van der Waals surface area contributed by atoms with Crippen molar-refractivity contribution in [3.05, 3.63) is 82.2 Å². The fraction of sp³-hybridized carbons (Fsp3) is 0.0952. The molecule has 0 aliphatic carbocycles. The minimum atomic E-state index is -0.389. The zero-order valence-electron chi connectivity index (χ0n) is 15.8. The van der Waals surface area contributed by atoms with Crippen LogP contribution in [-0.4, -0.2) is 30.9 Å². The van der Waals surface area contributed by atoms with Crippen molar-refractivity contribution < 1.29 is 14.4 Å². The quantitative estimate of drug-likeness (QED) is 0.412. The Labute approximate surface area is 182 Å². The van der Waals surface area contributed by atoms with E-state index in [1.807, 2.05) is 18.2 Å². The Morgan fingerprint density at radius 2 is 1.43 bits per heavy atom. The third-order valence-corrected chi connectivity index (χ3v) is 5.15. The van der Waals surface area contributed by atoms with Crippen molar-refractivity contribution in [1.29, 1.82) is 0 Å². The van der Waals surface area contributed by atoms with Gasteiger partial charge in [0.05, 0.1) is 9.88 Å². The Bertz CT molecular complexity index is 1020. The lowest BCUT2D eigenvalue weighted by Crippen LogP contribution is -2.34. The van der Waals surface area contributed by atoms with E-state index in [2.05, 4.69) is 21.3 Å². The molecule has 4 N–H and O–H groups in total. The van der Waals surface area contributed by atoms with Gasteiger partial charge < -0.3 is 16.0 Å². The van der Waals surface area contributed by atoms with Crippen molar-refractivity contribution in [1.82, 2.24) is 10.6 Å². The molecular formula is C21H19ClN4O3S. The molecule has 0 saturated carbocycles. The molecule has 0 aliphatic rings. The minimum Gasteiger partial charge on any atom is -0.350 e. The summed E-state index contributed by atoms with van der Waals surface area (Å²) in [5.74, 6) is -0.523. The average molecular weight is 443 g/mol. The molecule has 0 aliphatic heterocycles. The second-order valence-electron chi connectivity index (χ2n) is 6.13. The van der Waals surface area contributed by atoms with Gasteiger partial charge in [0.2, 0.25) is 0 Å². The van der Waals surface area contributed by atoms with Gasteiger partial charge in [-0.05, 0) is 48.5 Å². The zero-order chi connectivity index (χ0) is 21.3. The van der Waals surface area contributed by atoms with Crippen LogP contribution >= 0.6 is 22.9 Å². The van der Waals surface area contributed by atoms with Crippen molar-refractivity contribution in [2.24, 2.45) is 0 Å². The highest BCUT2D eigenvalue weighted by Gasteiger charge is 2.11. The summed E-state index contributed by atoms with van der Waals surface area (Å²) < 4.78 is 0. The van der Waals surface area contributed by atoms with E-state index in [0.717, 1.165) is 11.3 Å². The van der Waals surface area contributed by atoms with E-state index < -0.39 is 0 Å². The molecule has 30 heavy (non-hydrogen) atoms. The summed E-state index contributed by atoms with van der Waals surface area (Å²) >= 11 is 6.96. The van der Waals surface area contributed by atoms with E-state index >= 15 is 0 Å².